The molecule has 2 aromatic carbocycles. The van der Waals surface area contributed by atoms with Crippen LogP contribution in [0.4, 0.5) is 14.6 Å². The van der Waals surface area contributed by atoms with Crippen LogP contribution in [-0.2, 0) is 9.53 Å². The Kier molecular flexibility index (Phi) is 6.57. The molecule has 0 atom stereocenters. The van der Waals surface area contributed by atoms with Crippen molar-refractivity contribution < 1.29 is 18.3 Å². The van der Waals surface area contributed by atoms with E-state index < -0.39 is 11.6 Å². The highest BCUT2D eigenvalue weighted by Gasteiger charge is 2.31. The predicted molar refractivity (Wildman–Crippen MR) is 135 cm³/mol. The molecule has 0 bridgehead atoms. The van der Waals surface area contributed by atoms with Crippen LogP contribution in [0.25, 0.3) is 33.4 Å². The summed E-state index contributed by atoms with van der Waals surface area (Å²) in [6.45, 7) is 2.15. The van der Waals surface area contributed by atoms with E-state index in [2.05, 4.69) is 11.1 Å². The molecule has 4 aromatic rings. The second kappa shape index (κ2) is 9.97. The number of rotatable bonds is 5. The summed E-state index contributed by atoms with van der Waals surface area (Å²) in [7, 11) is 0. The van der Waals surface area contributed by atoms with Gasteiger partial charge < -0.3 is 10.5 Å². The molecule has 9 heteroatoms. The van der Waals surface area contributed by atoms with Crippen LogP contribution >= 0.6 is 0 Å². The number of carbonyl (C=O) groups is 1. The van der Waals surface area contributed by atoms with Crippen molar-refractivity contribution in [3.63, 3.8) is 0 Å². The minimum absolute atomic E-state index is 0.0346. The van der Waals surface area contributed by atoms with Gasteiger partial charge in [0.15, 0.2) is 0 Å². The number of nitrogens with two attached hydrogens (primary N) is 1. The second-order valence-electron chi connectivity index (χ2n) is 9.15. The lowest BCUT2D eigenvalue weighted by atomic mass is 9.86. The Balaban J connectivity index is 1.48. The minimum Gasteiger partial charge on any atom is -0.466 e. The lowest BCUT2D eigenvalue weighted by molar-refractivity contribution is -0.149. The number of halogens is 2. The first kappa shape index (κ1) is 24.4. The second-order valence-corrected chi connectivity index (χ2v) is 9.15. The molecule has 1 aliphatic carbocycles. The Morgan fingerprint density at radius 1 is 1.14 bits per heavy atom. The van der Waals surface area contributed by atoms with Gasteiger partial charge in [0, 0.05) is 16.5 Å². The van der Waals surface area contributed by atoms with Crippen LogP contribution in [0.15, 0.2) is 48.5 Å². The maximum Gasteiger partial charge on any atom is 0.308 e. The van der Waals surface area contributed by atoms with Crippen molar-refractivity contribution in [3.05, 3.63) is 65.7 Å². The number of aromatic nitrogens is 3. The fraction of sp³-hybridized carbons (Fsp3) is 0.286. The first-order chi connectivity index (χ1) is 17.9. The summed E-state index contributed by atoms with van der Waals surface area (Å²) in [6.07, 6.45) is 2.72. The summed E-state index contributed by atoms with van der Waals surface area (Å²) in [5.41, 5.74) is 8.60. The van der Waals surface area contributed by atoms with E-state index in [-0.39, 0.29) is 34.9 Å². The van der Waals surface area contributed by atoms with Crippen molar-refractivity contribution in [1.29, 1.82) is 5.26 Å². The molecule has 7 nitrogen and oxygen atoms in total. The lowest BCUT2D eigenvalue weighted by Crippen LogP contribution is -2.26. The first-order valence-electron chi connectivity index (χ1n) is 12.2. The Morgan fingerprint density at radius 2 is 1.89 bits per heavy atom. The van der Waals surface area contributed by atoms with E-state index in [4.69, 9.17) is 15.6 Å². The number of nitriles is 1. The zero-order chi connectivity index (χ0) is 26.1. The average molecular weight is 502 g/mol. The molecule has 1 saturated carbocycles. The average Bonchev–Trinajstić information content (AvgIpc) is 3.25. The summed E-state index contributed by atoms with van der Waals surface area (Å²) >= 11 is 0. The van der Waals surface area contributed by atoms with Gasteiger partial charge in [0.05, 0.1) is 29.8 Å². The highest BCUT2D eigenvalue weighted by atomic mass is 19.1. The van der Waals surface area contributed by atoms with Crippen molar-refractivity contribution in [2.45, 2.75) is 38.6 Å². The molecule has 0 aliphatic heterocycles. The third-order valence-electron chi connectivity index (χ3n) is 6.89. The van der Waals surface area contributed by atoms with Gasteiger partial charge in [0.25, 0.3) is 0 Å². The number of carbonyl (C=O) groups excluding carboxylic acids is 1. The summed E-state index contributed by atoms with van der Waals surface area (Å²) < 4.78 is 34.9. The van der Waals surface area contributed by atoms with Crippen molar-refractivity contribution in [1.82, 2.24) is 14.8 Å². The number of nitrogens with zero attached hydrogens (tertiary/aromatic N) is 4. The topological polar surface area (TPSA) is 107 Å². The monoisotopic (exact) mass is 501 g/mol. The fourth-order valence-electron chi connectivity index (χ4n) is 4.96. The molecule has 5 rings (SSSR count). The molecule has 0 unspecified atom stereocenters. The summed E-state index contributed by atoms with van der Waals surface area (Å²) in [5, 5.41) is 15.4. The molecule has 0 radical (unpaired) electrons. The molecule has 1 fully saturated rings. The van der Waals surface area contributed by atoms with Crippen molar-refractivity contribution in [2.24, 2.45) is 5.92 Å². The third kappa shape index (κ3) is 4.62. The number of fused-ring (bicyclic) bond motifs is 1. The van der Waals surface area contributed by atoms with Crippen molar-refractivity contribution >= 4 is 22.7 Å². The Hall–Kier alpha value is -4.32. The van der Waals surface area contributed by atoms with E-state index >= 15 is 0 Å². The minimum atomic E-state index is -0.569. The highest BCUT2D eigenvalue weighted by molar-refractivity contribution is 5.87. The summed E-state index contributed by atoms with van der Waals surface area (Å²) in [5.74, 6) is -1.15. The van der Waals surface area contributed by atoms with Gasteiger partial charge in [0.1, 0.15) is 34.8 Å². The van der Waals surface area contributed by atoms with E-state index in [1.54, 1.807) is 29.8 Å². The molecule has 2 N–H and O–H groups in total. The standard InChI is InChI=1S/C28H25F2N5O2/c1-2-37-28(36)17-5-9-20(10-6-17)35-27(32)22(15-31)26(34-35)18-4-3-16-7-12-24(33-25(16)13-18)21-14-19(29)8-11-23(21)30/h3-4,7-8,11-14,17,20H,2,5-6,9-10,32H2,1H3. The van der Waals surface area contributed by atoms with Crippen LogP contribution < -0.4 is 5.73 Å². The van der Waals surface area contributed by atoms with Gasteiger partial charge in [-0.05, 0) is 62.9 Å². The molecule has 0 spiro atoms. The van der Waals surface area contributed by atoms with Crippen LogP contribution in [0.3, 0.4) is 0 Å². The highest BCUT2D eigenvalue weighted by Crippen LogP contribution is 2.37. The normalized spacial score (nSPS) is 17.5. The molecule has 0 saturated heterocycles. The van der Waals surface area contributed by atoms with Crippen molar-refractivity contribution in [2.75, 3.05) is 12.3 Å². The number of pyridine rings is 1. The number of nitrogen functional groups attached to an aromatic ring is 1. The van der Waals surface area contributed by atoms with E-state index in [0.717, 1.165) is 23.6 Å². The quantitative estimate of drug-likeness (QED) is 0.347. The molecule has 188 valence electrons. The van der Waals surface area contributed by atoms with E-state index in [0.29, 0.717) is 54.8 Å². The Morgan fingerprint density at radius 3 is 2.62 bits per heavy atom. The Labute approximate surface area is 212 Å². The van der Waals surface area contributed by atoms with Crippen LogP contribution in [0.1, 0.15) is 44.2 Å². The molecule has 37 heavy (non-hydrogen) atoms. The molecule has 2 heterocycles. The van der Waals surface area contributed by atoms with Gasteiger partial charge >= 0.3 is 5.97 Å². The number of esters is 1. The zero-order valence-electron chi connectivity index (χ0n) is 20.2. The number of anilines is 1. The molecule has 0 amide bonds. The van der Waals surface area contributed by atoms with Crippen LogP contribution in [0, 0.1) is 28.9 Å². The largest absolute Gasteiger partial charge is 0.466 e. The lowest BCUT2D eigenvalue weighted by Gasteiger charge is -2.27. The number of benzene rings is 2. The Bertz CT molecular complexity index is 1530. The van der Waals surface area contributed by atoms with Gasteiger partial charge in [0.2, 0.25) is 0 Å². The number of hydrogen-bond donors (Lipinski definition) is 1. The van der Waals surface area contributed by atoms with Gasteiger partial charge in [-0.25, -0.2) is 18.4 Å². The smallest absolute Gasteiger partial charge is 0.308 e. The van der Waals surface area contributed by atoms with Gasteiger partial charge in [-0.3, -0.25) is 4.79 Å². The molecule has 2 aromatic heterocycles. The van der Waals surface area contributed by atoms with Gasteiger partial charge in [-0.2, -0.15) is 10.4 Å². The van der Waals surface area contributed by atoms with Crippen LogP contribution in [-0.4, -0.2) is 27.3 Å². The predicted octanol–water partition coefficient (Wildman–Crippen LogP) is 5.79. The maximum atomic E-state index is 14.3. The van der Waals surface area contributed by atoms with Crippen LogP contribution in [0.5, 0.6) is 0 Å². The van der Waals surface area contributed by atoms with E-state index in [1.165, 1.54) is 0 Å². The van der Waals surface area contributed by atoms with Crippen LogP contribution in [0.2, 0.25) is 0 Å². The molecular formula is C28H25F2N5O2. The van der Waals surface area contributed by atoms with Gasteiger partial charge in [-0.1, -0.05) is 18.2 Å². The molecule has 1 aliphatic rings. The first-order valence-corrected chi connectivity index (χ1v) is 12.2. The van der Waals surface area contributed by atoms with Gasteiger partial charge in [-0.15, -0.1) is 0 Å². The SMILES string of the molecule is CCOC(=O)C1CCC(n2nc(-c3ccc4ccc(-c5cc(F)ccc5F)nc4c3)c(C#N)c2N)CC1. The van der Waals surface area contributed by atoms with E-state index in [1.807, 2.05) is 12.1 Å². The fourth-order valence-corrected chi connectivity index (χ4v) is 4.96. The number of ether oxygens (including phenoxy) is 1. The maximum absolute atomic E-state index is 14.3. The summed E-state index contributed by atoms with van der Waals surface area (Å²) in [4.78, 5) is 16.6. The summed E-state index contributed by atoms with van der Waals surface area (Å²) in [6, 6.07) is 14.2. The third-order valence-corrected chi connectivity index (χ3v) is 6.89. The van der Waals surface area contributed by atoms with E-state index in [9.17, 15) is 18.8 Å². The zero-order valence-corrected chi connectivity index (χ0v) is 20.2. The van der Waals surface area contributed by atoms with Crippen molar-refractivity contribution in [3.8, 4) is 28.6 Å². The number of hydrogen-bond acceptors (Lipinski definition) is 6. The molecular weight excluding hydrogens is 476 g/mol.